The predicted molar refractivity (Wildman–Crippen MR) is 104 cm³/mol. The summed E-state index contributed by atoms with van der Waals surface area (Å²) in [6, 6.07) is 9.03. The van der Waals surface area contributed by atoms with Crippen LogP contribution in [0.2, 0.25) is 0 Å². The van der Waals surface area contributed by atoms with Gasteiger partial charge < -0.3 is 10.5 Å². The van der Waals surface area contributed by atoms with E-state index in [0.717, 1.165) is 43.6 Å². The number of rotatable bonds is 4. The lowest BCUT2D eigenvalue weighted by molar-refractivity contribution is 0.205. The number of nitrogens with two attached hydrogens (primary N) is 1. The van der Waals surface area contributed by atoms with Crippen LogP contribution in [0.3, 0.4) is 0 Å². The highest BCUT2D eigenvalue weighted by atomic mass is 32.1. The van der Waals surface area contributed by atoms with Gasteiger partial charge >= 0.3 is 0 Å². The van der Waals surface area contributed by atoms with E-state index in [1.807, 2.05) is 12.4 Å². The number of nitrogens with zero attached hydrogens (tertiary/aromatic N) is 2. The first-order chi connectivity index (χ1) is 12.2. The smallest absolute Gasteiger partial charge is 0.128 e. The van der Waals surface area contributed by atoms with Gasteiger partial charge in [0.2, 0.25) is 0 Å². The molecule has 0 aliphatic carbocycles. The molecule has 1 aliphatic rings. The number of hydrogen-bond acceptors (Lipinski definition) is 5. The molecule has 4 rings (SSSR count). The molecule has 3 aromatic rings. The predicted octanol–water partition coefficient (Wildman–Crippen LogP) is 3.90. The Morgan fingerprint density at radius 1 is 1.24 bits per heavy atom. The van der Waals surface area contributed by atoms with Crippen LogP contribution in [-0.4, -0.2) is 36.1 Å². The second-order valence-electron chi connectivity index (χ2n) is 6.67. The van der Waals surface area contributed by atoms with Crippen molar-refractivity contribution in [1.82, 2.24) is 9.88 Å². The van der Waals surface area contributed by atoms with Gasteiger partial charge in [0.15, 0.2) is 0 Å². The fourth-order valence-corrected chi connectivity index (χ4v) is 4.30. The molecule has 0 amide bonds. The number of thiophene rings is 1. The molecule has 0 saturated carbocycles. The maximum Gasteiger partial charge on any atom is 0.128 e. The zero-order chi connectivity index (χ0) is 17.2. The first-order valence-electron chi connectivity index (χ1n) is 8.71. The Morgan fingerprint density at radius 2 is 2.08 bits per heavy atom. The Morgan fingerprint density at radius 3 is 2.80 bits per heavy atom. The fourth-order valence-electron chi connectivity index (χ4n) is 3.55. The third-order valence-electron chi connectivity index (χ3n) is 4.94. The molecule has 5 heteroatoms. The van der Waals surface area contributed by atoms with Crippen molar-refractivity contribution >= 4 is 22.1 Å². The Labute approximate surface area is 152 Å². The normalized spacial score (nSPS) is 16.4. The molecule has 0 unspecified atom stereocenters. The molecule has 0 bridgehead atoms. The molecule has 2 aromatic heterocycles. The molecular formula is C20H23N3OS. The summed E-state index contributed by atoms with van der Waals surface area (Å²) in [5.41, 5.74) is 8.49. The molecule has 2 N–H and O–H groups in total. The Hall–Kier alpha value is -1.95. The lowest BCUT2D eigenvalue weighted by Crippen LogP contribution is -2.39. The summed E-state index contributed by atoms with van der Waals surface area (Å²) < 4.78 is 5.67. The first kappa shape index (κ1) is 16.5. The molecule has 1 saturated heterocycles. The summed E-state index contributed by atoms with van der Waals surface area (Å²) >= 11 is 1.74. The van der Waals surface area contributed by atoms with Crippen molar-refractivity contribution in [3.8, 4) is 16.2 Å². The van der Waals surface area contributed by atoms with Crippen molar-refractivity contribution in [2.75, 3.05) is 20.2 Å². The lowest BCUT2D eigenvalue weighted by Gasteiger charge is -2.30. The zero-order valence-electron chi connectivity index (χ0n) is 14.4. The topological polar surface area (TPSA) is 51.4 Å². The van der Waals surface area contributed by atoms with Crippen LogP contribution in [-0.2, 0) is 6.54 Å². The van der Waals surface area contributed by atoms with Crippen molar-refractivity contribution in [2.24, 2.45) is 5.73 Å². The number of methoxy groups -OCH3 is 1. The lowest BCUT2D eigenvalue weighted by atomic mass is 10.0. The van der Waals surface area contributed by atoms with Gasteiger partial charge in [0, 0.05) is 40.8 Å². The van der Waals surface area contributed by atoms with Crippen molar-refractivity contribution < 1.29 is 4.74 Å². The van der Waals surface area contributed by atoms with E-state index >= 15 is 0 Å². The minimum absolute atomic E-state index is 0.360. The number of ether oxygens (including phenoxy) is 1. The number of aromatic nitrogens is 1. The fraction of sp³-hybridized carbons (Fsp3) is 0.350. The summed E-state index contributed by atoms with van der Waals surface area (Å²) in [7, 11) is 1.73. The average molecular weight is 353 g/mol. The summed E-state index contributed by atoms with van der Waals surface area (Å²) in [5, 5.41) is 4.38. The van der Waals surface area contributed by atoms with E-state index in [4.69, 9.17) is 10.5 Å². The summed E-state index contributed by atoms with van der Waals surface area (Å²) in [4.78, 5) is 8.15. The maximum absolute atomic E-state index is 6.03. The van der Waals surface area contributed by atoms with E-state index in [-0.39, 0.29) is 0 Å². The molecule has 1 aromatic carbocycles. The van der Waals surface area contributed by atoms with Crippen LogP contribution < -0.4 is 10.5 Å². The highest BCUT2D eigenvalue weighted by molar-refractivity contribution is 7.13. The second kappa shape index (κ2) is 7.12. The molecule has 3 heterocycles. The maximum atomic E-state index is 6.03. The molecule has 1 aliphatic heterocycles. The number of fused-ring (bicyclic) bond motifs is 1. The van der Waals surface area contributed by atoms with Crippen molar-refractivity contribution in [3.63, 3.8) is 0 Å². The molecule has 0 radical (unpaired) electrons. The van der Waals surface area contributed by atoms with Crippen LogP contribution >= 0.6 is 11.3 Å². The second-order valence-corrected chi connectivity index (χ2v) is 7.62. The molecule has 0 spiro atoms. The summed E-state index contributed by atoms with van der Waals surface area (Å²) in [6.07, 6.45) is 6.01. The minimum Gasteiger partial charge on any atom is -0.496 e. The number of benzene rings is 1. The van der Waals surface area contributed by atoms with Crippen molar-refractivity contribution in [1.29, 1.82) is 0 Å². The largest absolute Gasteiger partial charge is 0.496 e. The first-order valence-corrected chi connectivity index (χ1v) is 9.59. The molecule has 0 atom stereocenters. The SMILES string of the molecule is COc1cc(CN2CCC(N)CC2)cc2c(-c3cccs3)cncc12. The third kappa shape index (κ3) is 3.40. The van der Waals surface area contributed by atoms with Gasteiger partial charge in [-0.15, -0.1) is 11.3 Å². The van der Waals surface area contributed by atoms with E-state index in [2.05, 4.69) is 39.5 Å². The zero-order valence-corrected chi connectivity index (χ0v) is 15.3. The average Bonchev–Trinajstić information content (AvgIpc) is 3.17. The van der Waals surface area contributed by atoms with E-state index in [1.54, 1.807) is 18.4 Å². The van der Waals surface area contributed by atoms with Crippen LogP contribution in [0.25, 0.3) is 21.2 Å². The van der Waals surface area contributed by atoms with E-state index in [9.17, 15) is 0 Å². The van der Waals surface area contributed by atoms with Crippen LogP contribution in [0.4, 0.5) is 0 Å². The number of likely N-dealkylation sites (tertiary alicyclic amines) is 1. The number of pyridine rings is 1. The van der Waals surface area contributed by atoms with Gasteiger partial charge in [-0.05, 0) is 60.5 Å². The molecule has 130 valence electrons. The van der Waals surface area contributed by atoms with Gasteiger partial charge in [-0.2, -0.15) is 0 Å². The quantitative estimate of drug-likeness (QED) is 0.773. The Kier molecular flexibility index (Phi) is 4.70. The van der Waals surface area contributed by atoms with Gasteiger partial charge in [0.1, 0.15) is 5.75 Å². The molecular weight excluding hydrogens is 330 g/mol. The molecule has 1 fully saturated rings. The van der Waals surface area contributed by atoms with Gasteiger partial charge in [-0.25, -0.2) is 0 Å². The summed E-state index contributed by atoms with van der Waals surface area (Å²) in [6.45, 7) is 3.07. The summed E-state index contributed by atoms with van der Waals surface area (Å²) in [5.74, 6) is 0.895. The van der Waals surface area contributed by atoms with Crippen molar-refractivity contribution in [3.05, 3.63) is 47.6 Å². The molecule has 4 nitrogen and oxygen atoms in total. The number of piperidine rings is 1. The van der Waals surface area contributed by atoms with Gasteiger partial charge in [0.25, 0.3) is 0 Å². The Balaban J connectivity index is 1.74. The van der Waals surface area contributed by atoms with E-state index in [0.29, 0.717) is 6.04 Å². The van der Waals surface area contributed by atoms with Crippen LogP contribution in [0.1, 0.15) is 18.4 Å². The van der Waals surface area contributed by atoms with Gasteiger partial charge in [0.05, 0.1) is 7.11 Å². The highest BCUT2D eigenvalue weighted by Crippen LogP contribution is 2.36. The Bertz CT molecular complexity index is 855. The van der Waals surface area contributed by atoms with Crippen LogP contribution in [0, 0.1) is 0 Å². The van der Waals surface area contributed by atoms with E-state index < -0.39 is 0 Å². The third-order valence-corrected chi connectivity index (χ3v) is 5.85. The van der Waals surface area contributed by atoms with Crippen molar-refractivity contribution in [2.45, 2.75) is 25.4 Å². The van der Waals surface area contributed by atoms with Crippen LogP contribution in [0.15, 0.2) is 42.0 Å². The van der Waals surface area contributed by atoms with Gasteiger partial charge in [-0.3, -0.25) is 9.88 Å². The molecule has 25 heavy (non-hydrogen) atoms. The van der Waals surface area contributed by atoms with Gasteiger partial charge in [-0.1, -0.05) is 6.07 Å². The number of hydrogen-bond donors (Lipinski definition) is 1. The minimum atomic E-state index is 0.360. The standard InChI is InChI=1S/C20H23N3OS/c1-24-19-10-14(13-23-6-4-15(21)5-7-23)9-16-17(19)11-22-12-18(16)20-3-2-8-25-20/h2-3,8-12,15H,4-7,13,21H2,1H3. The monoisotopic (exact) mass is 353 g/mol. The highest BCUT2D eigenvalue weighted by Gasteiger charge is 2.17. The van der Waals surface area contributed by atoms with E-state index in [1.165, 1.54) is 21.4 Å². The van der Waals surface area contributed by atoms with Crippen LogP contribution in [0.5, 0.6) is 5.75 Å².